The maximum Gasteiger partial charge on any atom is 0.339 e. The molecule has 2 aromatic heterocycles. The van der Waals surface area contributed by atoms with Crippen molar-refractivity contribution in [2.75, 3.05) is 52.2 Å². The predicted octanol–water partition coefficient (Wildman–Crippen LogP) is 5.51. The van der Waals surface area contributed by atoms with Gasteiger partial charge < -0.3 is 24.6 Å². The van der Waals surface area contributed by atoms with E-state index in [2.05, 4.69) is 15.2 Å². The molecule has 1 fully saturated rings. The summed E-state index contributed by atoms with van der Waals surface area (Å²) in [5, 5.41) is 2.96. The van der Waals surface area contributed by atoms with Crippen LogP contribution in [0.5, 0.6) is 0 Å². The lowest BCUT2D eigenvalue weighted by atomic mass is 10.1. The number of aromatic nitrogens is 1. The second-order valence-corrected chi connectivity index (χ2v) is 11.7. The summed E-state index contributed by atoms with van der Waals surface area (Å²) >= 11 is 1.50. The van der Waals surface area contributed by atoms with Crippen LogP contribution in [0.1, 0.15) is 60.0 Å². The van der Waals surface area contributed by atoms with E-state index >= 15 is 0 Å². The number of esters is 1. The van der Waals surface area contributed by atoms with Gasteiger partial charge >= 0.3 is 5.97 Å². The number of ether oxygens (including phenoxy) is 2. The first-order valence-electron chi connectivity index (χ1n) is 14.0. The van der Waals surface area contributed by atoms with Crippen LogP contribution in [0.4, 0.5) is 5.69 Å². The summed E-state index contributed by atoms with van der Waals surface area (Å²) in [6, 6.07) is 11.5. The molecule has 8 nitrogen and oxygen atoms in total. The van der Waals surface area contributed by atoms with E-state index in [1.165, 1.54) is 30.6 Å². The highest BCUT2D eigenvalue weighted by Crippen LogP contribution is 2.37. The van der Waals surface area contributed by atoms with Gasteiger partial charge in [-0.3, -0.25) is 9.78 Å². The van der Waals surface area contributed by atoms with Crippen LogP contribution < -0.4 is 5.32 Å². The molecule has 0 saturated carbocycles. The van der Waals surface area contributed by atoms with Crippen LogP contribution in [0.3, 0.4) is 0 Å². The fourth-order valence-electron chi connectivity index (χ4n) is 4.68. The van der Waals surface area contributed by atoms with Crippen molar-refractivity contribution in [2.45, 2.75) is 45.3 Å². The molecule has 1 aromatic carbocycles. The summed E-state index contributed by atoms with van der Waals surface area (Å²) < 4.78 is 12.8. The number of likely N-dealkylation sites (N-methyl/N-ethyl adjacent to an activating group) is 1. The van der Waals surface area contributed by atoms with Gasteiger partial charge in [-0.05, 0) is 83.7 Å². The summed E-state index contributed by atoms with van der Waals surface area (Å²) in [4.78, 5) is 35.2. The third kappa shape index (κ3) is 8.44. The van der Waals surface area contributed by atoms with Crippen molar-refractivity contribution in [1.29, 1.82) is 0 Å². The lowest BCUT2D eigenvalue weighted by Gasteiger charge is -2.27. The lowest BCUT2D eigenvalue weighted by Crippen LogP contribution is -2.33. The van der Waals surface area contributed by atoms with E-state index in [0.29, 0.717) is 24.4 Å². The number of pyridine rings is 1. The zero-order valence-electron chi connectivity index (χ0n) is 23.9. The number of rotatable bonds is 12. The zero-order chi connectivity index (χ0) is 28.5. The van der Waals surface area contributed by atoms with Gasteiger partial charge in [0.25, 0.3) is 0 Å². The first-order chi connectivity index (χ1) is 19.3. The van der Waals surface area contributed by atoms with E-state index in [9.17, 15) is 9.59 Å². The molecule has 1 amide bonds. The van der Waals surface area contributed by atoms with Crippen molar-refractivity contribution >= 4 is 39.1 Å². The lowest BCUT2D eigenvalue weighted by molar-refractivity contribution is -0.111. The molecule has 3 aromatic rings. The first-order valence-corrected chi connectivity index (χ1v) is 14.8. The number of likely N-dealkylation sites (tertiary alicyclic amines) is 1. The number of piperidine rings is 1. The van der Waals surface area contributed by atoms with Gasteiger partial charge in [0, 0.05) is 35.9 Å². The number of fused-ring (bicyclic) bond motifs is 1. The van der Waals surface area contributed by atoms with E-state index < -0.39 is 0 Å². The molecule has 1 saturated heterocycles. The molecular weight excluding hydrogens is 524 g/mol. The van der Waals surface area contributed by atoms with Crippen molar-refractivity contribution in [3.05, 3.63) is 70.8 Å². The van der Waals surface area contributed by atoms with Crippen molar-refractivity contribution in [3.8, 4) is 0 Å². The fraction of sp³-hybridized carbons (Fsp3) is 0.452. The summed E-state index contributed by atoms with van der Waals surface area (Å²) in [6.45, 7) is 8.00. The van der Waals surface area contributed by atoms with Crippen molar-refractivity contribution < 1.29 is 19.1 Å². The number of benzene rings is 1. The van der Waals surface area contributed by atoms with Gasteiger partial charge in [-0.2, -0.15) is 0 Å². The Morgan fingerprint density at radius 1 is 1.15 bits per heavy atom. The van der Waals surface area contributed by atoms with Gasteiger partial charge in [0.1, 0.15) is 6.10 Å². The third-order valence-corrected chi connectivity index (χ3v) is 7.79. The topological polar surface area (TPSA) is 84.0 Å². The SMILES string of the molecule is CC(C)OC(=O)c1ccnc2cc(C(OCCN3CCCCC3)c3cccc(NC(=O)/C=C/CN(C)C)c3)sc12. The smallest absolute Gasteiger partial charge is 0.339 e. The average molecular weight is 565 g/mol. The molecule has 0 bridgehead atoms. The number of hydrogen-bond acceptors (Lipinski definition) is 8. The second-order valence-electron chi connectivity index (χ2n) is 10.6. The summed E-state index contributed by atoms with van der Waals surface area (Å²) in [5.74, 6) is -0.536. The normalized spacial score (nSPS) is 15.2. The number of amides is 1. The largest absolute Gasteiger partial charge is 0.459 e. The van der Waals surface area contributed by atoms with Crippen LogP contribution >= 0.6 is 11.3 Å². The molecule has 0 spiro atoms. The van der Waals surface area contributed by atoms with Crippen molar-refractivity contribution in [1.82, 2.24) is 14.8 Å². The second kappa shape index (κ2) is 14.5. The van der Waals surface area contributed by atoms with Crippen LogP contribution in [0, 0.1) is 0 Å². The van der Waals surface area contributed by atoms with Crippen LogP contribution in [-0.2, 0) is 14.3 Å². The predicted molar refractivity (Wildman–Crippen MR) is 161 cm³/mol. The van der Waals surface area contributed by atoms with E-state index in [0.717, 1.165) is 40.3 Å². The minimum atomic E-state index is -0.376. The van der Waals surface area contributed by atoms with Crippen LogP contribution in [-0.4, -0.2) is 79.6 Å². The number of nitrogens with zero attached hydrogens (tertiary/aromatic N) is 3. The third-order valence-electron chi connectivity index (χ3n) is 6.59. The highest BCUT2D eigenvalue weighted by atomic mass is 32.1. The molecule has 4 rings (SSSR count). The molecule has 214 valence electrons. The quantitative estimate of drug-likeness (QED) is 0.229. The summed E-state index contributed by atoms with van der Waals surface area (Å²) in [7, 11) is 3.91. The molecular formula is C31H40N4O4S. The molecule has 0 radical (unpaired) electrons. The molecule has 1 aliphatic heterocycles. The molecule has 1 aliphatic rings. The van der Waals surface area contributed by atoms with Gasteiger partial charge in [0.15, 0.2) is 0 Å². The highest BCUT2D eigenvalue weighted by molar-refractivity contribution is 7.19. The Morgan fingerprint density at radius 3 is 2.70 bits per heavy atom. The minimum Gasteiger partial charge on any atom is -0.459 e. The van der Waals surface area contributed by atoms with Crippen molar-refractivity contribution in [3.63, 3.8) is 0 Å². The molecule has 1 N–H and O–H groups in total. The maximum absolute atomic E-state index is 12.8. The Labute approximate surface area is 241 Å². The molecule has 1 unspecified atom stereocenters. The number of nitrogens with one attached hydrogen (secondary N) is 1. The van der Waals surface area contributed by atoms with Gasteiger partial charge in [0.2, 0.25) is 5.91 Å². The van der Waals surface area contributed by atoms with Crippen LogP contribution in [0.2, 0.25) is 0 Å². The maximum atomic E-state index is 12.8. The number of hydrogen-bond donors (Lipinski definition) is 1. The summed E-state index contributed by atoms with van der Waals surface area (Å²) in [6.07, 6.45) is 8.18. The molecule has 9 heteroatoms. The van der Waals surface area contributed by atoms with Crippen molar-refractivity contribution in [2.24, 2.45) is 0 Å². The molecule has 1 atom stereocenters. The Kier molecular flexibility index (Phi) is 10.8. The van der Waals surface area contributed by atoms with E-state index in [1.807, 2.05) is 69.3 Å². The first kappa shape index (κ1) is 29.9. The monoisotopic (exact) mass is 564 g/mol. The molecule has 40 heavy (non-hydrogen) atoms. The van der Waals surface area contributed by atoms with E-state index in [-0.39, 0.29) is 24.1 Å². The van der Waals surface area contributed by atoms with Gasteiger partial charge in [-0.25, -0.2) is 4.79 Å². The van der Waals surface area contributed by atoms with Gasteiger partial charge in [0.05, 0.1) is 28.5 Å². The zero-order valence-corrected chi connectivity index (χ0v) is 24.7. The van der Waals surface area contributed by atoms with E-state index in [1.54, 1.807) is 18.3 Å². The standard InChI is InChI=1S/C31H40N4O4S/c1-22(2)39-31(37)25-13-14-32-26-21-27(40-30(25)26)29(38-19-18-35-16-6-5-7-17-35)23-10-8-11-24(20-23)33-28(36)12-9-15-34(3)4/h8-14,20-22,29H,5-7,15-19H2,1-4H3,(H,33,36)/b12-9+. The minimum absolute atomic E-state index is 0.180. The Hall–Kier alpha value is -3.11. The Balaban J connectivity index is 1.60. The van der Waals surface area contributed by atoms with Crippen LogP contribution in [0.15, 0.2) is 54.7 Å². The number of carbonyl (C=O) groups is 2. The molecule has 3 heterocycles. The van der Waals surface area contributed by atoms with Gasteiger partial charge in [-0.15, -0.1) is 11.3 Å². The van der Waals surface area contributed by atoms with Crippen LogP contribution in [0.25, 0.3) is 10.2 Å². The highest BCUT2D eigenvalue weighted by Gasteiger charge is 2.23. The van der Waals surface area contributed by atoms with E-state index in [4.69, 9.17) is 9.47 Å². The average Bonchev–Trinajstić information content (AvgIpc) is 3.35. The number of carbonyl (C=O) groups excluding carboxylic acids is 2. The fourth-order valence-corrected chi connectivity index (χ4v) is 5.88. The summed E-state index contributed by atoms with van der Waals surface area (Å²) in [5.41, 5.74) is 2.86. The Bertz CT molecular complexity index is 1310. The Morgan fingerprint density at radius 2 is 1.95 bits per heavy atom. The number of thiophene rings is 1. The van der Waals surface area contributed by atoms with Gasteiger partial charge in [-0.1, -0.05) is 24.6 Å². The molecule has 0 aliphatic carbocycles. The number of anilines is 1.